The van der Waals surface area contributed by atoms with E-state index < -0.39 is 11.8 Å². The molecule has 0 radical (unpaired) electrons. The van der Waals surface area contributed by atoms with Crippen LogP contribution in [-0.2, 0) is 0 Å². The Labute approximate surface area is 196 Å². The number of ether oxygens (including phenoxy) is 3. The predicted molar refractivity (Wildman–Crippen MR) is 128 cm³/mol. The number of benzene rings is 3. The third-order valence-electron chi connectivity index (χ3n) is 4.35. The first-order valence-electron chi connectivity index (χ1n) is 10.0. The van der Waals surface area contributed by atoms with Crippen molar-refractivity contribution >= 4 is 29.1 Å². The Bertz CT molecular complexity index is 1090. The average molecular weight is 466 g/mol. The van der Waals surface area contributed by atoms with Gasteiger partial charge in [0.1, 0.15) is 30.5 Å². The summed E-state index contributed by atoms with van der Waals surface area (Å²) in [6.45, 7) is 0.567. The van der Waals surface area contributed by atoms with Gasteiger partial charge in [0.25, 0.3) is 11.8 Å². The lowest BCUT2D eigenvalue weighted by Gasteiger charge is -2.14. The molecule has 0 aliphatic heterocycles. The van der Waals surface area contributed by atoms with Crippen molar-refractivity contribution in [3.63, 3.8) is 0 Å². The van der Waals surface area contributed by atoms with Crippen molar-refractivity contribution in [2.24, 2.45) is 0 Å². The quantitative estimate of drug-likeness (QED) is 0.267. The number of nitrogens with one attached hydrogen (secondary N) is 3. The Morgan fingerprint density at radius 1 is 0.758 bits per heavy atom. The molecule has 0 unspecified atom stereocenters. The monoisotopic (exact) mass is 465 g/mol. The number of hydrogen-bond acceptors (Lipinski definition) is 6. The second kappa shape index (κ2) is 12.1. The van der Waals surface area contributed by atoms with Gasteiger partial charge < -0.3 is 14.2 Å². The smallest absolute Gasteiger partial charge is 0.269 e. The molecule has 3 rings (SSSR count). The van der Waals surface area contributed by atoms with E-state index in [4.69, 9.17) is 26.4 Å². The second-order valence-electron chi connectivity index (χ2n) is 6.60. The van der Waals surface area contributed by atoms with Gasteiger partial charge in [-0.15, -0.1) is 0 Å². The van der Waals surface area contributed by atoms with Crippen molar-refractivity contribution in [3.8, 4) is 17.2 Å². The van der Waals surface area contributed by atoms with Crippen LogP contribution in [0.1, 0.15) is 20.7 Å². The molecule has 0 spiro atoms. The van der Waals surface area contributed by atoms with Crippen molar-refractivity contribution in [1.29, 1.82) is 0 Å². The summed E-state index contributed by atoms with van der Waals surface area (Å²) in [4.78, 5) is 24.8. The maximum Gasteiger partial charge on any atom is 0.269 e. The lowest BCUT2D eigenvalue weighted by molar-refractivity contribution is 0.0933. The van der Waals surface area contributed by atoms with Crippen molar-refractivity contribution < 1.29 is 23.8 Å². The Balaban J connectivity index is 1.47. The third kappa shape index (κ3) is 7.22. The minimum atomic E-state index is -0.481. The highest BCUT2D eigenvalue weighted by Crippen LogP contribution is 2.18. The van der Waals surface area contributed by atoms with Crippen molar-refractivity contribution in [2.45, 2.75) is 0 Å². The van der Waals surface area contributed by atoms with E-state index in [9.17, 15) is 9.59 Å². The van der Waals surface area contributed by atoms with Crippen LogP contribution < -0.4 is 30.4 Å². The van der Waals surface area contributed by atoms with Gasteiger partial charge in [-0.25, -0.2) is 0 Å². The molecule has 170 valence electrons. The number of carbonyl (C=O) groups is 2. The van der Waals surface area contributed by atoms with E-state index in [-0.39, 0.29) is 11.7 Å². The van der Waals surface area contributed by atoms with Gasteiger partial charge >= 0.3 is 0 Å². The second-order valence-corrected chi connectivity index (χ2v) is 7.01. The number of carbonyl (C=O) groups excluding carboxylic acids is 2. The molecule has 3 aromatic rings. The molecule has 9 heteroatoms. The van der Waals surface area contributed by atoms with Gasteiger partial charge in [-0.1, -0.05) is 30.3 Å². The Hall–Kier alpha value is -4.11. The standard InChI is InChI=1S/C24H23N3O5S/c1-30-18-13-11-17(12-14-18)22(28)26-27-24(33)25-23(29)20-9-5-6-10-21(20)32-16-15-31-19-7-3-2-4-8-19/h2-14H,15-16H2,1H3,(H,26,28)(H2,25,27,29,33). The molecule has 0 aromatic heterocycles. The van der Waals surface area contributed by atoms with Crippen molar-refractivity contribution in [3.05, 3.63) is 90.0 Å². The molecule has 0 aliphatic carbocycles. The normalized spacial score (nSPS) is 9.97. The average Bonchev–Trinajstić information content (AvgIpc) is 2.86. The van der Waals surface area contributed by atoms with Gasteiger partial charge in [0.2, 0.25) is 0 Å². The first kappa shape index (κ1) is 23.6. The maximum atomic E-state index is 12.6. The molecule has 8 nitrogen and oxygen atoms in total. The lowest BCUT2D eigenvalue weighted by atomic mass is 10.2. The summed E-state index contributed by atoms with van der Waals surface area (Å²) in [6.07, 6.45) is 0. The summed E-state index contributed by atoms with van der Waals surface area (Å²) in [5, 5.41) is 2.45. The molecule has 0 bridgehead atoms. The molecule has 0 saturated carbocycles. The summed E-state index contributed by atoms with van der Waals surface area (Å²) >= 11 is 5.10. The van der Waals surface area contributed by atoms with E-state index in [1.807, 2.05) is 30.3 Å². The fraction of sp³-hybridized carbons (Fsp3) is 0.125. The number of rotatable bonds is 8. The number of thiocarbonyl (C=S) groups is 1. The fourth-order valence-corrected chi connectivity index (χ4v) is 2.88. The SMILES string of the molecule is COc1ccc(C(=O)NNC(=S)NC(=O)c2ccccc2OCCOc2ccccc2)cc1. The molecule has 0 fully saturated rings. The predicted octanol–water partition coefficient (Wildman–Crippen LogP) is 3.10. The molecule has 2 amide bonds. The zero-order valence-corrected chi connectivity index (χ0v) is 18.7. The van der Waals surface area contributed by atoms with Gasteiger partial charge in [-0.2, -0.15) is 0 Å². The van der Waals surface area contributed by atoms with Crippen LogP contribution in [0.4, 0.5) is 0 Å². The summed E-state index contributed by atoms with van der Waals surface area (Å²) in [7, 11) is 1.54. The molecular formula is C24H23N3O5S. The minimum Gasteiger partial charge on any atom is -0.497 e. The molecule has 3 aromatic carbocycles. The van der Waals surface area contributed by atoms with Gasteiger partial charge in [0, 0.05) is 5.56 Å². The molecule has 0 aliphatic rings. The summed E-state index contributed by atoms with van der Waals surface area (Å²) in [5.74, 6) is 0.856. The highest BCUT2D eigenvalue weighted by molar-refractivity contribution is 7.80. The highest BCUT2D eigenvalue weighted by Gasteiger charge is 2.14. The number of hydrogen-bond donors (Lipinski definition) is 3. The molecule has 0 atom stereocenters. The van der Waals surface area contributed by atoms with Crippen LogP contribution in [0.3, 0.4) is 0 Å². The van der Waals surface area contributed by atoms with Crippen LogP contribution in [-0.4, -0.2) is 37.3 Å². The van der Waals surface area contributed by atoms with E-state index in [1.54, 1.807) is 55.6 Å². The lowest BCUT2D eigenvalue weighted by Crippen LogP contribution is -2.48. The molecule has 33 heavy (non-hydrogen) atoms. The summed E-state index contributed by atoms with van der Waals surface area (Å²) < 4.78 is 16.4. The Kier molecular flexibility index (Phi) is 8.61. The Morgan fingerprint density at radius 3 is 2.15 bits per heavy atom. The third-order valence-corrected chi connectivity index (χ3v) is 4.56. The maximum absolute atomic E-state index is 12.6. The van der Waals surface area contributed by atoms with Crippen LogP contribution in [0.2, 0.25) is 0 Å². The van der Waals surface area contributed by atoms with Crippen LogP contribution in [0.15, 0.2) is 78.9 Å². The highest BCUT2D eigenvalue weighted by atomic mass is 32.1. The van der Waals surface area contributed by atoms with Crippen LogP contribution in [0.5, 0.6) is 17.2 Å². The van der Waals surface area contributed by atoms with Gasteiger partial charge in [-0.05, 0) is 60.7 Å². The first-order chi connectivity index (χ1) is 16.1. The van der Waals surface area contributed by atoms with E-state index in [0.717, 1.165) is 5.75 Å². The molecule has 0 heterocycles. The van der Waals surface area contributed by atoms with E-state index in [1.165, 1.54) is 0 Å². The number of hydrazine groups is 1. The number of methoxy groups -OCH3 is 1. The zero-order valence-electron chi connectivity index (χ0n) is 17.9. The van der Waals surface area contributed by atoms with E-state index >= 15 is 0 Å². The van der Waals surface area contributed by atoms with Crippen LogP contribution in [0.25, 0.3) is 0 Å². The molecule has 3 N–H and O–H groups in total. The van der Waals surface area contributed by atoms with Gasteiger partial charge in [-0.3, -0.25) is 25.8 Å². The fourth-order valence-electron chi connectivity index (χ4n) is 2.74. The summed E-state index contributed by atoms with van der Waals surface area (Å²) in [5.41, 5.74) is 5.63. The van der Waals surface area contributed by atoms with Gasteiger partial charge in [0.15, 0.2) is 5.11 Å². The zero-order chi connectivity index (χ0) is 23.5. The topological polar surface area (TPSA) is 97.9 Å². The van der Waals surface area contributed by atoms with Crippen LogP contribution >= 0.6 is 12.2 Å². The molecule has 0 saturated heterocycles. The first-order valence-corrected chi connectivity index (χ1v) is 10.4. The van der Waals surface area contributed by atoms with Gasteiger partial charge in [0.05, 0.1) is 12.7 Å². The molecular weight excluding hydrogens is 442 g/mol. The Morgan fingerprint density at radius 2 is 1.42 bits per heavy atom. The van der Waals surface area contributed by atoms with Crippen molar-refractivity contribution in [2.75, 3.05) is 20.3 Å². The minimum absolute atomic E-state index is 0.0657. The largest absolute Gasteiger partial charge is 0.497 e. The van der Waals surface area contributed by atoms with E-state index in [0.29, 0.717) is 29.2 Å². The van der Waals surface area contributed by atoms with E-state index in [2.05, 4.69) is 16.2 Å². The van der Waals surface area contributed by atoms with Crippen LogP contribution in [0, 0.1) is 0 Å². The van der Waals surface area contributed by atoms with Crippen molar-refractivity contribution in [1.82, 2.24) is 16.2 Å². The number of amides is 2. The number of para-hydroxylation sites is 2. The summed E-state index contributed by atoms with van der Waals surface area (Å²) in [6, 6.07) is 22.7.